The molecule has 0 atom stereocenters. The molecule has 0 bridgehead atoms. The van der Waals surface area contributed by atoms with Gasteiger partial charge in [0.15, 0.2) is 0 Å². The predicted octanol–water partition coefficient (Wildman–Crippen LogP) is 0.789. The van der Waals surface area contributed by atoms with Gasteiger partial charge in [0, 0.05) is 12.1 Å². The first-order valence-electron chi connectivity index (χ1n) is 4.88. The Bertz CT molecular complexity index is 634. The molecule has 0 aliphatic carbocycles. The van der Waals surface area contributed by atoms with Crippen LogP contribution in [0, 0.1) is 10.1 Å². The van der Waals surface area contributed by atoms with E-state index in [-0.39, 0.29) is 11.5 Å². The van der Waals surface area contributed by atoms with Crippen molar-refractivity contribution in [3.05, 3.63) is 34.1 Å². The molecular formula is C10H9N3O5. The highest BCUT2D eigenvalue weighted by molar-refractivity contribution is 5.91. The molecule has 8 heteroatoms. The number of nitro groups is 1. The van der Waals surface area contributed by atoms with Crippen LogP contribution in [0.4, 0.5) is 5.69 Å². The second-order valence-electron chi connectivity index (χ2n) is 3.33. The number of benzene rings is 1. The fourth-order valence-electron chi connectivity index (χ4n) is 1.56. The average molecular weight is 251 g/mol. The zero-order valence-electron chi connectivity index (χ0n) is 9.61. The van der Waals surface area contributed by atoms with E-state index in [2.05, 4.69) is 9.72 Å². The number of hydrogen-bond acceptors (Lipinski definition) is 6. The Hall–Kier alpha value is -2.64. The van der Waals surface area contributed by atoms with Crippen LogP contribution in [0.2, 0.25) is 0 Å². The quantitative estimate of drug-likeness (QED) is 0.454. The number of ether oxygens (including phenoxy) is 1. The van der Waals surface area contributed by atoms with Gasteiger partial charge in [0.05, 0.1) is 17.5 Å². The molecule has 0 radical (unpaired) electrons. The van der Waals surface area contributed by atoms with Crippen LogP contribution in [-0.4, -0.2) is 34.8 Å². The van der Waals surface area contributed by atoms with E-state index in [1.807, 2.05) is 0 Å². The Balaban J connectivity index is 2.70. The molecule has 1 aromatic heterocycles. The molecule has 2 aromatic rings. The van der Waals surface area contributed by atoms with E-state index in [1.54, 1.807) is 0 Å². The maximum atomic E-state index is 11.5. The second kappa shape index (κ2) is 4.32. The van der Waals surface area contributed by atoms with E-state index in [1.165, 1.54) is 32.4 Å². The summed E-state index contributed by atoms with van der Waals surface area (Å²) in [5.41, 5.74) is 0.618. The van der Waals surface area contributed by atoms with Gasteiger partial charge in [-0.1, -0.05) is 0 Å². The summed E-state index contributed by atoms with van der Waals surface area (Å²) < 4.78 is 5.64. The Morgan fingerprint density at radius 3 is 2.72 bits per heavy atom. The number of hydrogen-bond donors (Lipinski definition) is 0. The number of carbonyl (C=O) groups excluding carboxylic acids is 1. The van der Waals surface area contributed by atoms with Crippen molar-refractivity contribution in [2.45, 2.75) is 0 Å². The number of fused-ring (bicyclic) bond motifs is 1. The zero-order valence-corrected chi connectivity index (χ0v) is 9.61. The molecule has 0 aliphatic heterocycles. The number of rotatable bonds is 3. The number of aromatic nitrogens is 2. The van der Waals surface area contributed by atoms with Gasteiger partial charge in [-0.25, -0.2) is 9.78 Å². The van der Waals surface area contributed by atoms with Gasteiger partial charge < -0.3 is 9.57 Å². The van der Waals surface area contributed by atoms with Crippen molar-refractivity contribution in [1.82, 2.24) is 9.71 Å². The minimum absolute atomic E-state index is 0.0736. The molecule has 8 nitrogen and oxygen atoms in total. The summed E-state index contributed by atoms with van der Waals surface area (Å²) in [7, 11) is 2.54. The topological polar surface area (TPSA) is 96.5 Å². The minimum Gasteiger partial charge on any atom is -0.463 e. The van der Waals surface area contributed by atoms with Gasteiger partial charge in [0.1, 0.15) is 12.6 Å². The SMILES string of the molecule is COC(=O)c1nc2ccc([N+](=O)[O-])cc2n1OC. The number of carbonyl (C=O) groups is 1. The molecule has 0 saturated carbocycles. The molecule has 0 aliphatic rings. The standard InChI is InChI=1S/C10H9N3O5/c1-17-10(14)9-11-7-4-3-6(13(15)16)5-8(7)12(9)18-2/h3-5H,1-2H3. The van der Waals surface area contributed by atoms with Gasteiger partial charge in [0.2, 0.25) is 0 Å². The number of methoxy groups -OCH3 is 1. The van der Waals surface area contributed by atoms with Crippen LogP contribution in [0.15, 0.2) is 18.2 Å². The Morgan fingerprint density at radius 1 is 1.44 bits per heavy atom. The highest BCUT2D eigenvalue weighted by Gasteiger charge is 2.20. The van der Waals surface area contributed by atoms with E-state index in [0.29, 0.717) is 11.0 Å². The number of nitro benzene ring substituents is 1. The van der Waals surface area contributed by atoms with Crippen LogP contribution >= 0.6 is 0 Å². The van der Waals surface area contributed by atoms with E-state index >= 15 is 0 Å². The molecule has 0 spiro atoms. The number of nitrogens with zero attached hydrogens (tertiary/aromatic N) is 3. The Labute approximate surface area is 101 Å². The summed E-state index contributed by atoms with van der Waals surface area (Å²) in [5, 5.41) is 10.7. The molecule has 18 heavy (non-hydrogen) atoms. The lowest BCUT2D eigenvalue weighted by Crippen LogP contribution is -2.16. The first kappa shape index (κ1) is 11.8. The van der Waals surface area contributed by atoms with Gasteiger partial charge >= 0.3 is 5.97 Å². The third-order valence-corrected chi connectivity index (χ3v) is 2.36. The zero-order chi connectivity index (χ0) is 13.3. The summed E-state index contributed by atoms with van der Waals surface area (Å²) in [4.78, 5) is 30.6. The molecule has 1 heterocycles. The van der Waals surface area contributed by atoms with E-state index in [4.69, 9.17) is 4.84 Å². The van der Waals surface area contributed by atoms with Gasteiger partial charge in [-0.3, -0.25) is 10.1 Å². The fraction of sp³-hybridized carbons (Fsp3) is 0.200. The number of non-ortho nitro benzene ring substituents is 1. The molecule has 1 aromatic carbocycles. The largest absolute Gasteiger partial charge is 0.463 e. The third kappa shape index (κ3) is 1.73. The van der Waals surface area contributed by atoms with Gasteiger partial charge in [-0.2, -0.15) is 4.73 Å². The molecule has 0 saturated heterocycles. The van der Waals surface area contributed by atoms with Crippen molar-refractivity contribution in [3.8, 4) is 0 Å². The summed E-state index contributed by atoms with van der Waals surface area (Å²) in [6.45, 7) is 0. The highest BCUT2D eigenvalue weighted by atomic mass is 16.7. The molecule has 0 unspecified atom stereocenters. The van der Waals surface area contributed by atoms with Gasteiger partial charge in [-0.05, 0) is 6.07 Å². The number of imidazole rings is 1. The van der Waals surface area contributed by atoms with Crippen molar-refractivity contribution in [3.63, 3.8) is 0 Å². The van der Waals surface area contributed by atoms with Crippen LogP contribution in [-0.2, 0) is 4.74 Å². The normalized spacial score (nSPS) is 10.3. The third-order valence-electron chi connectivity index (χ3n) is 2.36. The van der Waals surface area contributed by atoms with E-state index in [9.17, 15) is 14.9 Å². The molecular weight excluding hydrogens is 242 g/mol. The van der Waals surface area contributed by atoms with Crippen LogP contribution in [0.5, 0.6) is 0 Å². The lowest BCUT2D eigenvalue weighted by Gasteiger charge is -2.04. The maximum Gasteiger partial charge on any atom is 0.377 e. The fourth-order valence-corrected chi connectivity index (χ4v) is 1.56. The average Bonchev–Trinajstić information content (AvgIpc) is 2.74. The molecule has 94 valence electrons. The van der Waals surface area contributed by atoms with Crippen molar-refractivity contribution in [1.29, 1.82) is 0 Å². The van der Waals surface area contributed by atoms with Crippen LogP contribution in [0.1, 0.15) is 10.6 Å². The Kier molecular flexibility index (Phi) is 2.84. The van der Waals surface area contributed by atoms with Crippen molar-refractivity contribution in [2.24, 2.45) is 0 Å². The van der Waals surface area contributed by atoms with Gasteiger partial charge in [-0.15, -0.1) is 0 Å². The summed E-state index contributed by atoms with van der Waals surface area (Å²) in [6, 6.07) is 4.02. The van der Waals surface area contributed by atoms with Crippen LogP contribution < -0.4 is 4.84 Å². The van der Waals surface area contributed by atoms with Crippen molar-refractivity contribution in [2.75, 3.05) is 14.2 Å². The molecule has 0 amide bonds. The van der Waals surface area contributed by atoms with E-state index < -0.39 is 10.9 Å². The van der Waals surface area contributed by atoms with Crippen LogP contribution in [0.25, 0.3) is 11.0 Å². The molecule has 2 rings (SSSR count). The maximum absolute atomic E-state index is 11.5. The molecule has 0 N–H and O–H groups in total. The monoisotopic (exact) mass is 251 g/mol. The first-order chi connectivity index (χ1) is 8.58. The number of esters is 1. The lowest BCUT2D eigenvalue weighted by atomic mass is 10.3. The molecule has 0 fully saturated rings. The minimum atomic E-state index is -0.685. The second-order valence-corrected chi connectivity index (χ2v) is 3.33. The highest BCUT2D eigenvalue weighted by Crippen LogP contribution is 2.21. The van der Waals surface area contributed by atoms with Crippen LogP contribution in [0.3, 0.4) is 0 Å². The van der Waals surface area contributed by atoms with Crippen molar-refractivity contribution >= 4 is 22.7 Å². The predicted molar refractivity (Wildman–Crippen MR) is 60.2 cm³/mol. The summed E-state index contributed by atoms with van der Waals surface area (Å²) in [6.07, 6.45) is 0. The Morgan fingerprint density at radius 2 is 2.17 bits per heavy atom. The summed E-state index contributed by atoms with van der Waals surface area (Å²) in [5.74, 6) is -0.758. The summed E-state index contributed by atoms with van der Waals surface area (Å²) >= 11 is 0. The van der Waals surface area contributed by atoms with Crippen molar-refractivity contribution < 1.29 is 19.3 Å². The first-order valence-corrected chi connectivity index (χ1v) is 4.88. The van der Waals surface area contributed by atoms with Gasteiger partial charge in [0.25, 0.3) is 11.5 Å². The van der Waals surface area contributed by atoms with E-state index in [0.717, 1.165) is 4.73 Å². The smallest absolute Gasteiger partial charge is 0.377 e. The lowest BCUT2D eigenvalue weighted by molar-refractivity contribution is -0.384.